The Kier molecular flexibility index (Phi) is 4.65. The van der Waals surface area contributed by atoms with E-state index in [1.807, 2.05) is 24.3 Å². The summed E-state index contributed by atoms with van der Waals surface area (Å²) in [6, 6.07) is 16.5. The van der Waals surface area contributed by atoms with E-state index < -0.39 is 0 Å². The predicted molar refractivity (Wildman–Crippen MR) is 109 cm³/mol. The zero-order valence-corrected chi connectivity index (χ0v) is 16.3. The summed E-state index contributed by atoms with van der Waals surface area (Å²) in [6.45, 7) is 2.18. The van der Waals surface area contributed by atoms with Gasteiger partial charge in [-0.25, -0.2) is 4.98 Å². The number of hydrogen-bond acceptors (Lipinski definition) is 3. The maximum absolute atomic E-state index is 12.0. The van der Waals surface area contributed by atoms with Crippen molar-refractivity contribution >= 4 is 28.5 Å². The van der Waals surface area contributed by atoms with Gasteiger partial charge in [0.2, 0.25) is 0 Å². The number of nitrogens with zero attached hydrogens (tertiary/aromatic N) is 1. The summed E-state index contributed by atoms with van der Waals surface area (Å²) in [5.41, 5.74) is 5.23. The van der Waals surface area contributed by atoms with E-state index in [-0.39, 0.29) is 11.4 Å². The van der Waals surface area contributed by atoms with Crippen LogP contribution in [-0.2, 0) is 14.9 Å². The maximum atomic E-state index is 12.0. The molecule has 138 valence electrons. The maximum Gasteiger partial charge on any atom is 0.305 e. The number of carbonyl (C=O) groups is 1. The molecule has 0 fully saturated rings. The molecule has 1 aliphatic rings. The van der Waals surface area contributed by atoms with Crippen molar-refractivity contribution < 1.29 is 9.53 Å². The lowest BCUT2D eigenvalue weighted by atomic mass is 9.71. The number of para-hydroxylation sites is 1. The summed E-state index contributed by atoms with van der Waals surface area (Å²) in [6.07, 6.45) is 2.99. The Morgan fingerprint density at radius 1 is 1.11 bits per heavy atom. The number of pyridine rings is 1. The van der Waals surface area contributed by atoms with Crippen LogP contribution in [0, 0.1) is 0 Å². The number of ether oxygens (including phenoxy) is 1. The molecule has 2 aromatic carbocycles. The summed E-state index contributed by atoms with van der Waals surface area (Å²) in [5.74, 6) is -0.184. The lowest BCUT2D eigenvalue weighted by Crippen LogP contribution is -2.26. The minimum atomic E-state index is -0.268. The Bertz CT molecular complexity index is 1030. The first-order valence-corrected chi connectivity index (χ1v) is 9.74. The Morgan fingerprint density at radius 2 is 1.93 bits per heavy atom. The van der Waals surface area contributed by atoms with Crippen molar-refractivity contribution in [3.8, 4) is 11.3 Å². The van der Waals surface area contributed by atoms with Crippen molar-refractivity contribution in [3.05, 3.63) is 64.7 Å². The number of benzene rings is 2. The van der Waals surface area contributed by atoms with Crippen LogP contribution >= 0.6 is 11.6 Å². The Labute approximate surface area is 164 Å². The fourth-order valence-electron chi connectivity index (χ4n) is 4.46. The Hall–Kier alpha value is -2.39. The minimum absolute atomic E-state index is 0.184. The van der Waals surface area contributed by atoms with Gasteiger partial charge in [0.05, 0.1) is 18.3 Å². The van der Waals surface area contributed by atoms with Crippen LogP contribution in [0.1, 0.15) is 43.7 Å². The van der Waals surface area contributed by atoms with Crippen LogP contribution in [-0.4, -0.2) is 18.1 Å². The fraction of sp³-hybridized carbons (Fsp3) is 0.304. The van der Waals surface area contributed by atoms with Crippen LogP contribution in [0.25, 0.3) is 22.2 Å². The van der Waals surface area contributed by atoms with Crippen molar-refractivity contribution in [3.63, 3.8) is 0 Å². The molecule has 0 amide bonds. The molecular formula is C23H22ClNO2. The van der Waals surface area contributed by atoms with Crippen LogP contribution in [0.4, 0.5) is 0 Å². The SMILES string of the molecule is CCCC1(CCC(=O)OC)c2cc(Cl)ccc2-c2nc3ccccc3cc21. The van der Waals surface area contributed by atoms with Gasteiger partial charge in [0.25, 0.3) is 0 Å². The van der Waals surface area contributed by atoms with E-state index in [1.165, 1.54) is 18.2 Å². The molecule has 0 spiro atoms. The largest absolute Gasteiger partial charge is 0.469 e. The molecule has 1 aliphatic carbocycles. The van der Waals surface area contributed by atoms with Gasteiger partial charge >= 0.3 is 5.97 Å². The molecule has 1 atom stereocenters. The first kappa shape index (κ1) is 18.0. The first-order valence-electron chi connectivity index (χ1n) is 9.36. The van der Waals surface area contributed by atoms with Gasteiger partial charge in [-0.3, -0.25) is 4.79 Å². The van der Waals surface area contributed by atoms with Gasteiger partial charge in [-0.2, -0.15) is 0 Å². The van der Waals surface area contributed by atoms with E-state index in [9.17, 15) is 4.79 Å². The van der Waals surface area contributed by atoms with Crippen molar-refractivity contribution in [2.45, 2.75) is 38.0 Å². The van der Waals surface area contributed by atoms with E-state index in [2.05, 4.69) is 31.2 Å². The van der Waals surface area contributed by atoms with E-state index >= 15 is 0 Å². The van der Waals surface area contributed by atoms with E-state index in [0.717, 1.165) is 35.0 Å². The number of carbonyl (C=O) groups excluding carboxylic acids is 1. The Morgan fingerprint density at radius 3 is 2.70 bits per heavy atom. The summed E-state index contributed by atoms with van der Waals surface area (Å²) in [7, 11) is 1.44. The second-order valence-corrected chi connectivity index (χ2v) is 7.61. The quantitative estimate of drug-likeness (QED) is 0.517. The highest BCUT2D eigenvalue weighted by Crippen LogP contribution is 2.54. The van der Waals surface area contributed by atoms with Gasteiger partial charge in [-0.05, 0) is 48.2 Å². The molecule has 0 bridgehead atoms. The van der Waals surface area contributed by atoms with Crippen molar-refractivity contribution in [1.82, 2.24) is 4.98 Å². The van der Waals surface area contributed by atoms with Crippen LogP contribution in [0.2, 0.25) is 5.02 Å². The van der Waals surface area contributed by atoms with Gasteiger partial charge in [-0.15, -0.1) is 0 Å². The molecule has 0 radical (unpaired) electrons. The standard InChI is InChI=1S/C23H22ClNO2/c1-3-11-23(12-10-21(26)27-2)18-14-16(24)8-9-17(18)22-19(23)13-15-6-4-5-7-20(15)25-22/h4-9,13-14H,3,10-12H2,1-2H3. The third-order valence-electron chi connectivity index (χ3n) is 5.65. The number of rotatable bonds is 5. The van der Waals surface area contributed by atoms with Gasteiger partial charge in [-0.1, -0.05) is 49.2 Å². The summed E-state index contributed by atoms with van der Waals surface area (Å²) < 4.78 is 4.92. The van der Waals surface area contributed by atoms with Gasteiger partial charge < -0.3 is 4.74 Å². The van der Waals surface area contributed by atoms with Crippen LogP contribution in [0.3, 0.4) is 0 Å². The molecule has 1 heterocycles. The predicted octanol–water partition coefficient (Wildman–Crippen LogP) is 5.91. The molecule has 27 heavy (non-hydrogen) atoms. The zero-order chi connectivity index (χ0) is 19.0. The van der Waals surface area contributed by atoms with E-state index in [4.69, 9.17) is 21.3 Å². The summed E-state index contributed by atoms with van der Waals surface area (Å²) in [5, 5.41) is 1.83. The lowest BCUT2D eigenvalue weighted by molar-refractivity contribution is -0.141. The number of methoxy groups -OCH3 is 1. The highest BCUT2D eigenvalue weighted by molar-refractivity contribution is 6.30. The van der Waals surface area contributed by atoms with Gasteiger partial charge in [0, 0.05) is 27.8 Å². The minimum Gasteiger partial charge on any atom is -0.469 e. The smallest absolute Gasteiger partial charge is 0.305 e. The molecule has 3 aromatic rings. The van der Waals surface area contributed by atoms with Crippen molar-refractivity contribution in [1.29, 1.82) is 0 Å². The van der Waals surface area contributed by atoms with Crippen molar-refractivity contribution in [2.24, 2.45) is 0 Å². The molecule has 0 saturated carbocycles. The Balaban J connectivity index is 1.98. The molecule has 3 nitrogen and oxygen atoms in total. The molecule has 4 heteroatoms. The van der Waals surface area contributed by atoms with Crippen LogP contribution in [0.5, 0.6) is 0 Å². The fourth-order valence-corrected chi connectivity index (χ4v) is 4.63. The average molecular weight is 380 g/mol. The number of aromatic nitrogens is 1. The molecule has 4 rings (SSSR count). The number of halogens is 1. The van der Waals surface area contributed by atoms with Gasteiger partial charge in [0.15, 0.2) is 0 Å². The molecular weight excluding hydrogens is 358 g/mol. The van der Waals surface area contributed by atoms with Crippen molar-refractivity contribution in [2.75, 3.05) is 7.11 Å². The highest BCUT2D eigenvalue weighted by atomic mass is 35.5. The molecule has 0 N–H and O–H groups in total. The lowest BCUT2D eigenvalue weighted by Gasteiger charge is -2.31. The zero-order valence-electron chi connectivity index (χ0n) is 15.6. The monoisotopic (exact) mass is 379 g/mol. The molecule has 1 unspecified atom stereocenters. The highest BCUT2D eigenvalue weighted by Gasteiger charge is 2.43. The van der Waals surface area contributed by atoms with E-state index in [0.29, 0.717) is 17.9 Å². The van der Waals surface area contributed by atoms with Crippen LogP contribution in [0.15, 0.2) is 48.5 Å². The third kappa shape index (κ3) is 2.90. The second-order valence-electron chi connectivity index (χ2n) is 7.18. The van der Waals surface area contributed by atoms with E-state index in [1.54, 1.807) is 0 Å². The first-order chi connectivity index (χ1) is 13.1. The number of hydrogen-bond donors (Lipinski definition) is 0. The van der Waals surface area contributed by atoms with Crippen LogP contribution < -0.4 is 0 Å². The number of fused-ring (bicyclic) bond motifs is 4. The average Bonchev–Trinajstić information content (AvgIpc) is 2.93. The van der Waals surface area contributed by atoms with Gasteiger partial charge in [0.1, 0.15) is 0 Å². The number of esters is 1. The summed E-state index contributed by atoms with van der Waals surface area (Å²) in [4.78, 5) is 16.9. The molecule has 0 aliphatic heterocycles. The molecule has 0 saturated heterocycles. The molecule has 1 aromatic heterocycles. The topological polar surface area (TPSA) is 39.2 Å². The summed E-state index contributed by atoms with van der Waals surface area (Å²) >= 11 is 6.38. The second kappa shape index (κ2) is 6.97. The third-order valence-corrected chi connectivity index (χ3v) is 5.89. The normalized spacial score (nSPS) is 17.6.